The van der Waals surface area contributed by atoms with Crippen molar-refractivity contribution in [3.63, 3.8) is 0 Å². The van der Waals surface area contributed by atoms with Crippen molar-refractivity contribution < 1.29 is 9.59 Å². The maximum atomic E-state index is 12.9. The number of nitrogens with two attached hydrogens (primary N) is 1. The highest BCUT2D eigenvalue weighted by Crippen LogP contribution is 2.22. The second-order valence-corrected chi connectivity index (χ2v) is 7.26. The average molecular weight is 380 g/mol. The smallest absolute Gasteiger partial charge is 0.312 e. The molecular weight excluding hydrogens is 352 g/mol. The summed E-state index contributed by atoms with van der Waals surface area (Å²) in [6, 6.07) is 17.1. The van der Waals surface area contributed by atoms with Crippen LogP contribution in [-0.4, -0.2) is 47.9 Å². The second kappa shape index (κ2) is 9.37. The number of nitrogens with one attached hydrogen (secondary N) is 1. The fraction of sp³-hybridized carbons (Fsp3) is 0.364. The third-order valence-electron chi connectivity index (χ3n) is 5.23. The monoisotopic (exact) mass is 380 g/mol. The molecule has 0 bridgehead atoms. The van der Waals surface area contributed by atoms with E-state index < -0.39 is 12.1 Å². The van der Waals surface area contributed by atoms with Crippen LogP contribution in [0.15, 0.2) is 54.6 Å². The summed E-state index contributed by atoms with van der Waals surface area (Å²) in [5.41, 5.74) is 8.59. The van der Waals surface area contributed by atoms with E-state index in [-0.39, 0.29) is 12.3 Å². The Bertz CT molecular complexity index is 801. The Kier molecular flexibility index (Phi) is 6.66. The third-order valence-corrected chi connectivity index (χ3v) is 5.23. The van der Waals surface area contributed by atoms with Crippen molar-refractivity contribution in [1.82, 2.24) is 15.1 Å². The zero-order chi connectivity index (χ0) is 19.9. The standard InChI is InChI=1S/C22H28N4O2/c1-17-7-5-6-10-19(17)20(24-22(23)28)15-21(27)26-13-11-25(12-14-26)16-18-8-3-2-4-9-18/h2-10,20H,11-16H2,1H3,(H3,23,24,28)/t20-/m0/s1. The van der Waals surface area contributed by atoms with Crippen LogP contribution in [0, 0.1) is 6.92 Å². The Morgan fingerprint density at radius 2 is 1.64 bits per heavy atom. The lowest BCUT2D eigenvalue weighted by Gasteiger charge is -2.35. The number of primary amides is 1. The minimum atomic E-state index is -0.617. The molecule has 3 N–H and O–H groups in total. The lowest BCUT2D eigenvalue weighted by atomic mass is 9.98. The molecule has 1 atom stereocenters. The number of aryl methyl sites for hydroxylation is 1. The van der Waals surface area contributed by atoms with Gasteiger partial charge in [0.1, 0.15) is 0 Å². The molecule has 1 aliphatic rings. The summed E-state index contributed by atoms with van der Waals surface area (Å²) in [7, 11) is 0. The van der Waals surface area contributed by atoms with E-state index in [1.807, 2.05) is 54.3 Å². The van der Waals surface area contributed by atoms with E-state index in [9.17, 15) is 9.59 Å². The molecule has 1 aliphatic heterocycles. The predicted molar refractivity (Wildman–Crippen MR) is 110 cm³/mol. The summed E-state index contributed by atoms with van der Waals surface area (Å²) < 4.78 is 0. The highest BCUT2D eigenvalue weighted by molar-refractivity contribution is 5.79. The van der Waals surface area contributed by atoms with Crippen molar-refractivity contribution >= 4 is 11.9 Å². The van der Waals surface area contributed by atoms with Crippen LogP contribution in [0.1, 0.15) is 29.2 Å². The number of hydrogen-bond acceptors (Lipinski definition) is 3. The molecule has 2 aromatic carbocycles. The van der Waals surface area contributed by atoms with E-state index in [2.05, 4.69) is 22.3 Å². The Balaban J connectivity index is 1.57. The fourth-order valence-corrected chi connectivity index (χ4v) is 3.69. The van der Waals surface area contributed by atoms with Gasteiger partial charge in [0.05, 0.1) is 12.5 Å². The van der Waals surface area contributed by atoms with Crippen LogP contribution in [0.2, 0.25) is 0 Å². The van der Waals surface area contributed by atoms with E-state index >= 15 is 0 Å². The van der Waals surface area contributed by atoms with Gasteiger partial charge in [-0.3, -0.25) is 9.69 Å². The van der Waals surface area contributed by atoms with Crippen molar-refractivity contribution in [2.75, 3.05) is 26.2 Å². The van der Waals surface area contributed by atoms with Gasteiger partial charge >= 0.3 is 6.03 Å². The van der Waals surface area contributed by atoms with Crippen LogP contribution in [-0.2, 0) is 11.3 Å². The van der Waals surface area contributed by atoms with E-state index in [1.165, 1.54) is 5.56 Å². The number of benzene rings is 2. The lowest BCUT2D eigenvalue weighted by Crippen LogP contribution is -2.49. The van der Waals surface area contributed by atoms with Crippen LogP contribution < -0.4 is 11.1 Å². The number of rotatable bonds is 6. The van der Waals surface area contributed by atoms with Gasteiger partial charge in [-0.2, -0.15) is 0 Å². The Hall–Kier alpha value is -2.86. The molecule has 28 heavy (non-hydrogen) atoms. The number of piperazine rings is 1. The van der Waals surface area contributed by atoms with Crippen LogP contribution in [0.25, 0.3) is 0 Å². The summed E-state index contributed by atoms with van der Waals surface area (Å²) in [5.74, 6) is 0.0429. The third kappa shape index (κ3) is 5.33. The van der Waals surface area contributed by atoms with E-state index in [4.69, 9.17) is 5.73 Å². The quantitative estimate of drug-likeness (QED) is 0.808. The molecule has 148 valence electrons. The normalized spacial score (nSPS) is 15.8. The Labute approximate surface area is 166 Å². The van der Waals surface area contributed by atoms with Gasteiger partial charge in [0.15, 0.2) is 0 Å². The molecule has 0 unspecified atom stereocenters. The topological polar surface area (TPSA) is 78.7 Å². The van der Waals surface area contributed by atoms with Gasteiger partial charge in [-0.1, -0.05) is 54.6 Å². The minimum Gasteiger partial charge on any atom is -0.352 e. The summed E-state index contributed by atoms with van der Waals surface area (Å²) in [4.78, 5) is 28.5. The maximum Gasteiger partial charge on any atom is 0.312 e. The molecule has 1 fully saturated rings. The first-order chi connectivity index (χ1) is 13.5. The molecule has 0 saturated carbocycles. The number of carbonyl (C=O) groups excluding carboxylic acids is 2. The van der Waals surface area contributed by atoms with Crippen LogP contribution >= 0.6 is 0 Å². The molecule has 1 saturated heterocycles. The van der Waals surface area contributed by atoms with Gasteiger partial charge in [-0.25, -0.2) is 4.79 Å². The minimum absolute atomic E-state index is 0.0429. The largest absolute Gasteiger partial charge is 0.352 e. The van der Waals surface area contributed by atoms with Crippen molar-refractivity contribution in [2.45, 2.75) is 25.9 Å². The number of hydrogen-bond donors (Lipinski definition) is 2. The summed E-state index contributed by atoms with van der Waals surface area (Å²) in [6.45, 7) is 5.96. The first kappa shape index (κ1) is 19.9. The second-order valence-electron chi connectivity index (χ2n) is 7.26. The molecule has 2 aromatic rings. The zero-order valence-electron chi connectivity index (χ0n) is 16.3. The highest BCUT2D eigenvalue weighted by atomic mass is 16.2. The molecule has 3 rings (SSSR count). The van der Waals surface area contributed by atoms with Gasteiger partial charge in [-0.05, 0) is 23.6 Å². The number of nitrogens with zero attached hydrogens (tertiary/aromatic N) is 2. The van der Waals surface area contributed by atoms with Gasteiger partial charge in [0.2, 0.25) is 5.91 Å². The van der Waals surface area contributed by atoms with Gasteiger partial charge in [-0.15, -0.1) is 0 Å². The van der Waals surface area contributed by atoms with Gasteiger partial charge in [0, 0.05) is 32.7 Å². The number of carbonyl (C=O) groups is 2. The van der Waals surface area contributed by atoms with Crippen LogP contribution in [0.5, 0.6) is 0 Å². The molecule has 1 heterocycles. The molecule has 0 aromatic heterocycles. The Morgan fingerprint density at radius 1 is 1.00 bits per heavy atom. The van der Waals surface area contributed by atoms with Gasteiger partial charge in [0.25, 0.3) is 0 Å². The fourth-order valence-electron chi connectivity index (χ4n) is 3.69. The van der Waals surface area contributed by atoms with E-state index in [0.717, 1.165) is 30.8 Å². The maximum absolute atomic E-state index is 12.9. The van der Waals surface area contributed by atoms with Crippen molar-refractivity contribution in [3.8, 4) is 0 Å². The SMILES string of the molecule is Cc1ccccc1[C@H](CC(=O)N1CCN(Cc2ccccc2)CC1)NC(N)=O. The van der Waals surface area contributed by atoms with Crippen molar-refractivity contribution in [1.29, 1.82) is 0 Å². The molecular formula is C22H28N4O2. The number of urea groups is 1. The summed E-state index contributed by atoms with van der Waals surface area (Å²) >= 11 is 0. The van der Waals surface area contributed by atoms with Gasteiger partial charge < -0.3 is 16.0 Å². The molecule has 6 heteroatoms. The van der Waals surface area contributed by atoms with Crippen LogP contribution in [0.3, 0.4) is 0 Å². The molecule has 0 radical (unpaired) electrons. The van der Waals surface area contributed by atoms with E-state index in [0.29, 0.717) is 13.1 Å². The lowest BCUT2D eigenvalue weighted by molar-refractivity contribution is -0.133. The van der Waals surface area contributed by atoms with E-state index in [1.54, 1.807) is 0 Å². The van der Waals surface area contributed by atoms with Crippen molar-refractivity contribution in [2.24, 2.45) is 5.73 Å². The zero-order valence-corrected chi connectivity index (χ0v) is 16.3. The molecule has 0 aliphatic carbocycles. The molecule has 0 spiro atoms. The van der Waals surface area contributed by atoms with Crippen LogP contribution in [0.4, 0.5) is 4.79 Å². The Morgan fingerprint density at radius 3 is 2.29 bits per heavy atom. The van der Waals surface area contributed by atoms with Crippen molar-refractivity contribution in [3.05, 3.63) is 71.3 Å². The average Bonchev–Trinajstić information content (AvgIpc) is 2.69. The summed E-state index contributed by atoms with van der Waals surface area (Å²) in [5, 5.41) is 2.73. The molecule has 3 amide bonds. The first-order valence-electron chi connectivity index (χ1n) is 9.68. The summed E-state index contributed by atoms with van der Waals surface area (Å²) in [6.07, 6.45) is 0.215. The number of amides is 3. The molecule has 6 nitrogen and oxygen atoms in total. The predicted octanol–water partition coefficient (Wildman–Crippen LogP) is 2.44. The highest BCUT2D eigenvalue weighted by Gasteiger charge is 2.25. The first-order valence-corrected chi connectivity index (χ1v) is 9.68.